The number of nitrogens with zero attached hydrogens (tertiary/aromatic N) is 1. The van der Waals surface area contributed by atoms with Gasteiger partial charge in [0.25, 0.3) is 0 Å². The van der Waals surface area contributed by atoms with Crippen LogP contribution in [0.2, 0.25) is 0 Å². The van der Waals surface area contributed by atoms with Gasteiger partial charge in [0.2, 0.25) is 11.8 Å². The summed E-state index contributed by atoms with van der Waals surface area (Å²) >= 11 is 0. The third kappa shape index (κ3) is 4.71. The highest BCUT2D eigenvalue weighted by Gasteiger charge is 2.27. The van der Waals surface area contributed by atoms with Crippen LogP contribution >= 0.6 is 12.4 Å². The first-order chi connectivity index (χ1) is 9.97. The van der Waals surface area contributed by atoms with Gasteiger partial charge in [-0.3, -0.25) is 9.59 Å². The number of aryl methyl sites for hydroxylation is 1. The van der Waals surface area contributed by atoms with Gasteiger partial charge in [0, 0.05) is 19.5 Å². The van der Waals surface area contributed by atoms with Crippen molar-refractivity contribution in [3.63, 3.8) is 0 Å². The van der Waals surface area contributed by atoms with Crippen LogP contribution in [-0.4, -0.2) is 29.8 Å². The molecule has 1 unspecified atom stereocenters. The minimum Gasteiger partial charge on any atom is -0.370 e. The van der Waals surface area contributed by atoms with Crippen LogP contribution in [0.15, 0.2) is 24.3 Å². The predicted octanol–water partition coefficient (Wildman–Crippen LogP) is 1.53. The van der Waals surface area contributed by atoms with Crippen molar-refractivity contribution in [2.75, 3.05) is 13.1 Å². The molecule has 122 valence electrons. The van der Waals surface area contributed by atoms with E-state index in [0.29, 0.717) is 25.4 Å². The molecule has 0 aliphatic carbocycles. The summed E-state index contributed by atoms with van der Waals surface area (Å²) in [6.07, 6.45) is 2.04. The van der Waals surface area contributed by atoms with Gasteiger partial charge in [-0.15, -0.1) is 12.4 Å². The Morgan fingerprint density at radius 2 is 1.77 bits per heavy atom. The molecule has 0 bridgehead atoms. The average Bonchev–Trinajstić information content (AvgIpc) is 2.47. The van der Waals surface area contributed by atoms with E-state index in [9.17, 15) is 9.59 Å². The zero-order valence-corrected chi connectivity index (χ0v) is 13.6. The molecule has 0 aromatic heterocycles. The van der Waals surface area contributed by atoms with Crippen molar-refractivity contribution in [2.24, 2.45) is 17.4 Å². The second-order valence-corrected chi connectivity index (χ2v) is 5.83. The monoisotopic (exact) mass is 325 g/mol. The maximum Gasteiger partial charge on any atom is 0.244 e. The third-order valence-corrected chi connectivity index (χ3v) is 4.12. The average molecular weight is 326 g/mol. The van der Waals surface area contributed by atoms with E-state index in [1.807, 2.05) is 31.2 Å². The van der Waals surface area contributed by atoms with E-state index in [1.165, 1.54) is 0 Å². The van der Waals surface area contributed by atoms with Crippen molar-refractivity contribution in [1.82, 2.24) is 4.90 Å². The maximum atomic E-state index is 12.4. The Bertz CT molecular complexity index is 511. The highest BCUT2D eigenvalue weighted by atomic mass is 35.5. The number of hydrogen-bond donors (Lipinski definition) is 2. The van der Waals surface area contributed by atoms with Gasteiger partial charge in [-0.2, -0.15) is 0 Å². The van der Waals surface area contributed by atoms with E-state index in [1.54, 1.807) is 4.90 Å². The van der Waals surface area contributed by atoms with Crippen LogP contribution in [0.5, 0.6) is 0 Å². The normalized spacial score (nSPS) is 16.7. The zero-order chi connectivity index (χ0) is 15.4. The Labute approximate surface area is 137 Å². The molecule has 1 atom stereocenters. The van der Waals surface area contributed by atoms with Gasteiger partial charge in [-0.25, -0.2) is 0 Å². The molecule has 1 aliphatic heterocycles. The number of likely N-dealkylation sites (tertiary alicyclic amines) is 1. The van der Waals surface area contributed by atoms with Gasteiger partial charge in [0.1, 0.15) is 6.04 Å². The summed E-state index contributed by atoms with van der Waals surface area (Å²) < 4.78 is 0. The fourth-order valence-electron chi connectivity index (χ4n) is 2.76. The van der Waals surface area contributed by atoms with E-state index in [2.05, 4.69) is 0 Å². The Morgan fingerprint density at radius 1 is 1.23 bits per heavy atom. The molecule has 1 fully saturated rings. The lowest BCUT2D eigenvalue weighted by atomic mass is 9.92. The fraction of sp³-hybridized carbons (Fsp3) is 0.500. The maximum absolute atomic E-state index is 12.4. The lowest BCUT2D eigenvalue weighted by Gasteiger charge is -2.33. The Morgan fingerprint density at radius 3 is 2.27 bits per heavy atom. The van der Waals surface area contributed by atoms with Gasteiger partial charge >= 0.3 is 0 Å². The standard InChI is InChI=1S/C16H23N3O2.ClH/c1-11-2-4-13(5-3-11)15(18)16(21)19-8-6-12(7-9-19)10-14(17)20;/h2-5,12,15H,6-10,18H2,1H3,(H2,17,20);1H. The fourth-order valence-corrected chi connectivity index (χ4v) is 2.76. The van der Waals surface area contributed by atoms with E-state index in [0.717, 1.165) is 24.0 Å². The van der Waals surface area contributed by atoms with Crippen molar-refractivity contribution in [3.8, 4) is 0 Å². The molecule has 2 amide bonds. The summed E-state index contributed by atoms with van der Waals surface area (Å²) in [5.74, 6) is -0.0188. The molecular weight excluding hydrogens is 302 g/mol. The van der Waals surface area contributed by atoms with Crippen LogP contribution in [0.3, 0.4) is 0 Å². The van der Waals surface area contributed by atoms with Crippen LogP contribution in [0, 0.1) is 12.8 Å². The topological polar surface area (TPSA) is 89.4 Å². The smallest absolute Gasteiger partial charge is 0.244 e. The highest BCUT2D eigenvalue weighted by Crippen LogP contribution is 2.23. The molecule has 0 radical (unpaired) electrons. The van der Waals surface area contributed by atoms with Crippen LogP contribution < -0.4 is 11.5 Å². The lowest BCUT2D eigenvalue weighted by molar-refractivity contribution is -0.134. The molecule has 0 spiro atoms. The summed E-state index contributed by atoms with van der Waals surface area (Å²) in [7, 11) is 0. The molecule has 1 heterocycles. The summed E-state index contributed by atoms with van der Waals surface area (Å²) in [6.45, 7) is 3.30. The second kappa shape index (κ2) is 8.15. The minimum atomic E-state index is -0.613. The quantitative estimate of drug-likeness (QED) is 0.879. The van der Waals surface area contributed by atoms with Gasteiger partial charge in [0.15, 0.2) is 0 Å². The number of hydrogen-bond acceptors (Lipinski definition) is 3. The first kappa shape index (κ1) is 18.5. The predicted molar refractivity (Wildman–Crippen MR) is 88.5 cm³/mol. The molecule has 1 aromatic carbocycles. The summed E-state index contributed by atoms with van der Waals surface area (Å²) in [5.41, 5.74) is 13.3. The molecule has 22 heavy (non-hydrogen) atoms. The number of carbonyl (C=O) groups excluding carboxylic acids is 2. The largest absolute Gasteiger partial charge is 0.370 e. The van der Waals surface area contributed by atoms with Crippen molar-refractivity contribution in [1.29, 1.82) is 0 Å². The minimum absolute atomic E-state index is 0. The van der Waals surface area contributed by atoms with Crippen LogP contribution in [0.25, 0.3) is 0 Å². The molecule has 6 heteroatoms. The molecular formula is C16H24ClN3O2. The first-order valence-electron chi connectivity index (χ1n) is 7.36. The van der Waals surface area contributed by atoms with Crippen molar-refractivity contribution >= 4 is 24.2 Å². The van der Waals surface area contributed by atoms with Gasteiger partial charge in [0.05, 0.1) is 0 Å². The molecule has 1 saturated heterocycles. The van der Waals surface area contributed by atoms with E-state index < -0.39 is 6.04 Å². The molecule has 5 nitrogen and oxygen atoms in total. The number of benzene rings is 1. The van der Waals surface area contributed by atoms with E-state index in [-0.39, 0.29) is 24.2 Å². The van der Waals surface area contributed by atoms with Crippen LogP contribution in [0.4, 0.5) is 0 Å². The van der Waals surface area contributed by atoms with Crippen molar-refractivity contribution in [3.05, 3.63) is 35.4 Å². The van der Waals surface area contributed by atoms with Gasteiger partial charge in [-0.1, -0.05) is 29.8 Å². The first-order valence-corrected chi connectivity index (χ1v) is 7.36. The lowest BCUT2D eigenvalue weighted by Crippen LogP contribution is -2.43. The number of piperidine rings is 1. The summed E-state index contributed by atoms with van der Waals surface area (Å²) in [6, 6.07) is 7.11. The molecule has 4 N–H and O–H groups in total. The number of rotatable bonds is 4. The second-order valence-electron chi connectivity index (χ2n) is 5.83. The number of halogens is 1. The number of nitrogens with two attached hydrogens (primary N) is 2. The molecule has 1 aliphatic rings. The number of carbonyl (C=O) groups is 2. The molecule has 0 saturated carbocycles. The summed E-state index contributed by atoms with van der Waals surface area (Å²) in [5, 5.41) is 0. The number of primary amides is 1. The molecule has 1 aromatic rings. The summed E-state index contributed by atoms with van der Waals surface area (Å²) in [4.78, 5) is 25.1. The SMILES string of the molecule is Cc1ccc(C(N)C(=O)N2CCC(CC(N)=O)CC2)cc1.Cl. The molecule has 2 rings (SSSR count). The van der Waals surface area contributed by atoms with Crippen LogP contribution in [-0.2, 0) is 9.59 Å². The van der Waals surface area contributed by atoms with Crippen LogP contribution in [0.1, 0.15) is 36.4 Å². The number of amides is 2. The van der Waals surface area contributed by atoms with E-state index in [4.69, 9.17) is 11.5 Å². The van der Waals surface area contributed by atoms with E-state index >= 15 is 0 Å². The third-order valence-electron chi connectivity index (χ3n) is 4.12. The Balaban J connectivity index is 0.00000242. The van der Waals surface area contributed by atoms with Gasteiger partial charge < -0.3 is 16.4 Å². The Hall–Kier alpha value is -1.59. The highest BCUT2D eigenvalue weighted by molar-refractivity contribution is 5.85. The van der Waals surface area contributed by atoms with Crippen molar-refractivity contribution < 1.29 is 9.59 Å². The Kier molecular flexibility index (Phi) is 6.84. The zero-order valence-electron chi connectivity index (χ0n) is 12.8. The van der Waals surface area contributed by atoms with Gasteiger partial charge in [-0.05, 0) is 31.2 Å². The van der Waals surface area contributed by atoms with Crippen molar-refractivity contribution in [2.45, 2.75) is 32.2 Å².